The molecule has 1 heterocycles. The van der Waals surface area contributed by atoms with Crippen molar-refractivity contribution in [2.75, 3.05) is 39.6 Å². The maximum Gasteiger partial charge on any atom is 0.337 e. The molecule has 0 atom stereocenters. The smallest absolute Gasteiger partial charge is 0.337 e. The van der Waals surface area contributed by atoms with E-state index in [9.17, 15) is 0 Å². The summed E-state index contributed by atoms with van der Waals surface area (Å²) in [6.45, 7) is 13.2. The summed E-state index contributed by atoms with van der Waals surface area (Å²) >= 11 is 0. The van der Waals surface area contributed by atoms with Gasteiger partial charge in [0.15, 0.2) is 0 Å². The largest absolute Gasteiger partial charge is 0.394 e. The van der Waals surface area contributed by atoms with Gasteiger partial charge in [0, 0.05) is 25.2 Å². The minimum Gasteiger partial charge on any atom is -0.394 e. The van der Waals surface area contributed by atoms with Gasteiger partial charge in [0.2, 0.25) is 0 Å². The van der Waals surface area contributed by atoms with E-state index in [4.69, 9.17) is 18.3 Å². The molecule has 0 aliphatic carbocycles. The van der Waals surface area contributed by atoms with Crippen molar-refractivity contribution in [3.8, 4) is 0 Å². The average molecular weight is 290 g/mol. The zero-order valence-corrected chi connectivity index (χ0v) is 14.0. The van der Waals surface area contributed by atoms with Crippen molar-refractivity contribution >= 4 is 8.56 Å². The summed E-state index contributed by atoms with van der Waals surface area (Å²) in [4.78, 5) is 0. The fourth-order valence-electron chi connectivity index (χ4n) is 2.39. The van der Waals surface area contributed by atoms with Gasteiger partial charge >= 0.3 is 8.56 Å². The second-order valence-corrected chi connectivity index (χ2v) is 9.20. The van der Waals surface area contributed by atoms with Crippen LogP contribution in [0.4, 0.5) is 0 Å². The number of hydrogen-bond donors (Lipinski definition) is 0. The molecule has 1 rings (SSSR count). The zero-order valence-electron chi connectivity index (χ0n) is 13.0. The molecule has 0 aromatic rings. The third-order valence-electron chi connectivity index (χ3n) is 3.55. The average Bonchev–Trinajstić information content (AvgIpc) is 2.36. The van der Waals surface area contributed by atoms with E-state index in [2.05, 4.69) is 13.8 Å². The van der Waals surface area contributed by atoms with Gasteiger partial charge in [-0.1, -0.05) is 13.8 Å². The third kappa shape index (κ3) is 5.51. The minimum atomic E-state index is -1.96. The van der Waals surface area contributed by atoms with Gasteiger partial charge < -0.3 is 18.3 Å². The Bertz CT molecular complexity index is 238. The summed E-state index contributed by atoms with van der Waals surface area (Å²) in [6, 6.07) is 2.04. The molecule has 1 aliphatic heterocycles. The maximum atomic E-state index is 5.94. The van der Waals surface area contributed by atoms with Crippen molar-refractivity contribution < 1.29 is 18.3 Å². The molecule has 1 saturated heterocycles. The monoisotopic (exact) mass is 290 g/mol. The summed E-state index contributed by atoms with van der Waals surface area (Å²) in [5.41, 5.74) is 0.249. The van der Waals surface area contributed by atoms with Crippen LogP contribution >= 0.6 is 0 Å². The Morgan fingerprint density at radius 3 is 2.16 bits per heavy atom. The second-order valence-electron chi connectivity index (χ2n) is 5.59. The van der Waals surface area contributed by atoms with Crippen LogP contribution in [-0.4, -0.2) is 48.2 Å². The Balaban J connectivity index is 2.19. The first-order valence-electron chi connectivity index (χ1n) is 7.53. The van der Waals surface area contributed by atoms with Gasteiger partial charge in [-0.15, -0.1) is 0 Å². The number of rotatable bonds is 11. The van der Waals surface area contributed by atoms with Crippen LogP contribution in [0.2, 0.25) is 12.1 Å². The lowest BCUT2D eigenvalue weighted by Crippen LogP contribution is -2.44. The highest BCUT2D eigenvalue weighted by Gasteiger charge is 2.35. The molecule has 19 heavy (non-hydrogen) atoms. The Morgan fingerprint density at radius 1 is 1.11 bits per heavy atom. The van der Waals surface area contributed by atoms with Crippen molar-refractivity contribution in [1.82, 2.24) is 0 Å². The molecule has 0 bridgehead atoms. The molecule has 114 valence electrons. The van der Waals surface area contributed by atoms with Crippen molar-refractivity contribution in [1.29, 1.82) is 0 Å². The van der Waals surface area contributed by atoms with Gasteiger partial charge in [0.1, 0.15) is 0 Å². The Hall–Kier alpha value is 0.0569. The zero-order chi connectivity index (χ0) is 14.2. The van der Waals surface area contributed by atoms with E-state index >= 15 is 0 Å². The topological polar surface area (TPSA) is 36.9 Å². The maximum absolute atomic E-state index is 5.94. The fraction of sp³-hybridized carbons (Fsp3) is 1.00. The van der Waals surface area contributed by atoms with E-state index < -0.39 is 8.56 Å². The molecule has 0 unspecified atom stereocenters. The van der Waals surface area contributed by atoms with Crippen LogP contribution in [0.3, 0.4) is 0 Å². The molecule has 5 heteroatoms. The van der Waals surface area contributed by atoms with Gasteiger partial charge in [0.25, 0.3) is 0 Å². The van der Waals surface area contributed by atoms with Crippen molar-refractivity contribution in [3.05, 3.63) is 0 Å². The highest BCUT2D eigenvalue weighted by Crippen LogP contribution is 2.27. The highest BCUT2D eigenvalue weighted by atomic mass is 28.4. The Labute approximate surface area is 119 Å². The first-order chi connectivity index (χ1) is 9.10. The number of ether oxygens (including phenoxy) is 2. The number of hydrogen-bond acceptors (Lipinski definition) is 4. The molecule has 0 aromatic carbocycles. The van der Waals surface area contributed by atoms with E-state index in [0.29, 0.717) is 0 Å². The van der Waals surface area contributed by atoms with E-state index in [1.807, 2.05) is 13.8 Å². The van der Waals surface area contributed by atoms with Crippen molar-refractivity contribution in [2.45, 2.75) is 46.2 Å². The van der Waals surface area contributed by atoms with E-state index in [-0.39, 0.29) is 5.41 Å². The third-order valence-corrected chi connectivity index (χ3v) is 7.37. The SMILES string of the molecule is CCO[Si](CC)(CCCOCC1(C)COC1)OCC. The molecule has 0 saturated carbocycles. The van der Waals surface area contributed by atoms with E-state index in [0.717, 1.165) is 58.2 Å². The predicted octanol–water partition coefficient (Wildman–Crippen LogP) is 2.96. The molecular weight excluding hydrogens is 260 g/mol. The molecular formula is C14H30O4Si. The molecule has 1 fully saturated rings. The van der Waals surface area contributed by atoms with Crippen LogP contribution in [0, 0.1) is 5.41 Å². The van der Waals surface area contributed by atoms with E-state index in [1.54, 1.807) is 0 Å². The van der Waals surface area contributed by atoms with Crippen LogP contribution < -0.4 is 0 Å². The first-order valence-corrected chi connectivity index (χ1v) is 9.76. The molecule has 1 aliphatic rings. The summed E-state index contributed by atoms with van der Waals surface area (Å²) in [7, 11) is -1.96. The molecule has 0 radical (unpaired) electrons. The minimum absolute atomic E-state index is 0.249. The van der Waals surface area contributed by atoms with Gasteiger partial charge in [-0.05, 0) is 32.4 Å². The van der Waals surface area contributed by atoms with Gasteiger partial charge in [-0.25, -0.2) is 0 Å². The lowest BCUT2D eigenvalue weighted by Gasteiger charge is -2.37. The summed E-state index contributed by atoms with van der Waals surface area (Å²) in [6.07, 6.45) is 1.02. The van der Waals surface area contributed by atoms with Gasteiger partial charge in [0.05, 0.1) is 19.8 Å². The standard InChI is InChI=1S/C14H30O4Si/c1-5-17-19(7-3,18-6-2)10-8-9-15-11-14(4)12-16-13-14/h5-13H2,1-4H3. The first kappa shape index (κ1) is 17.1. The van der Waals surface area contributed by atoms with Crippen LogP contribution in [0.25, 0.3) is 0 Å². The Kier molecular flexibility index (Phi) is 7.53. The molecule has 0 N–H and O–H groups in total. The highest BCUT2D eigenvalue weighted by molar-refractivity contribution is 6.67. The summed E-state index contributed by atoms with van der Waals surface area (Å²) in [5, 5.41) is 0. The van der Waals surface area contributed by atoms with Gasteiger partial charge in [-0.3, -0.25) is 0 Å². The van der Waals surface area contributed by atoms with Crippen molar-refractivity contribution in [3.63, 3.8) is 0 Å². The van der Waals surface area contributed by atoms with Crippen LogP contribution in [-0.2, 0) is 18.3 Å². The molecule has 0 aromatic heterocycles. The van der Waals surface area contributed by atoms with E-state index in [1.165, 1.54) is 0 Å². The predicted molar refractivity (Wildman–Crippen MR) is 78.7 cm³/mol. The molecule has 0 spiro atoms. The van der Waals surface area contributed by atoms with Crippen LogP contribution in [0.1, 0.15) is 34.1 Å². The van der Waals surface area contributed by atoms with Gasteiger partial charge in [-0.2, -0.15) is 0 Å². The van der Waals surface area contributed by atoms with Crippen molar-refractivity contribution in [2.24, 2.45) is 5.41 Å². The second kappa shape index (κ2) is 8.37. The Morgan fingerprint density at radius 2 is 1.74 bits per heavy atom. The normalized spacial score (nSPS) is 18.3. The van der Waals surface area contributed by atoms with Crippen LogP contribution in [0.5, 0.6) is 0 Å². The summed E-state index contributed by atoms with van der Waals surface area (Å²) < 4.78 is 22.9. The summed E-state index contributed by atoms with van der Waals surface area (Å²) in [5.74, 6) is 0. The van der Waals surface area contributed by atoms with Crippen LogP contribution in [0.15, 0.2) is 0 Å². The lowest BCUT2D eigenvalue weighted by molar-refractivity contribution is -0.137. The fourth-order valence-corrected chi connectivity index (χ4v) is 5.26. The lowest BCUT2D eigenvalue weighted by atomic mass is 9.90. The molecule has 0 amide bonds. The molecule has 4 nitrogen and oxygen atoms in total. The quantitative estimate of drug-likeness (QED) is 0.433.